The molecule has 2 amide bonds. The van der Waals surface area contributed by atoms with Crippen molar-refractivity contribution in [2.75, 3.05) is 26.8 Å². The number of benzene rings is 1. The van der Waals surface area contributed by atoms with Gasteiger partial charge in [0.25, 0.3) is 11.7 Å². The number of likely N-dealkylation sites (tertiary alicyclic amines) is 2. The third-order valence-corrected chi connectivity index (χ3v) is 6.25. The summed E-state index contributed by atoms with van der Waals surface area (Å²) in [6, 6.07) is 9.18. The maximum Gasteiger partial charge on any atom is 0.409 e. The van der Waals surface area contributed by atoms with E-state index in [9.17, 15) is 19.5 Å². The van der Waals surface area contributed by atoms with Crippen LogP contribution in [0.25, 0.3) is 5.76 Å². The van der Waals surface area contributed by atoms with Gasteiger partial charge in [0.2, 0.25) is 0 Å². The van der Waals surface area contributed by atoms with Crippen LogP contribution in [-0.2, 0) is 14.3 Å². The number of rotatable bonds is 5. The first-order valence-electron chi connectivity index (χ1n) is 11.2. The van der Waals surface area contributed by atoms with E-state index in [1.807, 2.05) is 0 Å². The summed E-state index contributed by atoms with van der Waals surface area (Å²) >= 11 is 0. The smallest absolute Gasteiger partial charge is 0.409 e. The first-order valence-corrected chi connectivity index (χ1v) is 11.2. The molecule has 2 fully saturated rings. The molecule has 178 valence electrons. The second-order valence-corrected chi connectivity index (χ2v) is 8.10. The number of carbonyl (C=O) groups is 3. The molecule has 0 saturated carbocycles. The van der Waals surface area contributed by atoms with E-state index in [1.165, 1.54) is 7.11 Å². The molecule has 0 radical (unpaired) electrons. The van der Waals surface area contributed by atoms with Crippen molar-refractivity contribution in [1.29, 1.82) is 0 Å². The van der Waals surface area contributed by atoms with Gasteiger partial charge in [-0.2, -0.15) is 0 Å². The van der Waals surface area contributed by atoms with Gasteiger partial charge in [-0.3, -0.25) is 14.6 Å². The minimum atomic E-state index is -0.785. The molecule has 0 aliphatic carbocycles. The van der Waals surface area contributed by atoms with E-state index in [-0.39, 0.29) is 23.5 Å². The highest BCUT2D eigenvalue weighted by Crippen LogP contribution is 2.43. The number of methoxy groups -OCH3 is 1. The van der Waals surface area contributed by atoms with Crippen LogP contribution in [0.15, 0.2) is 54.4 Å². The summed E-state index contributed by atoms with van der Waals surface area (Å²) in [5.41, 5.74) is 1.01. The number of aromatic nitrogens is 1. The molecular weight excluding hydrogens is 438 g/mol. The van der Waals surface area contributed by atoms with Crippen molar-refractivity contribution in [2.24, 2.45) is 0 Å². The summed E-state index contributed by atoms with van der Waals surface area (Å²) in [6.07, 6.45) is 3.76. The molecule has 0 bridgehead atoms. The molecular formula is C25H27N3O6. The number of piperidine rings is 1. The highest BCUT2D eigenvalue weighted by molar-refractivity contribution is 6.46. The number of nitrogens with zero attached hydrogens (tertiary/aromatic N) is 3. The highest BCUT2D eigenvalue weighted by atomic mass is 16.6. The van der Waals surface area contributed by atoms with Crippen molar-refractivity contribution in [2.45, 2.75) is 31.8 Å². The molecule has 2 aromatic rings. The number of amides is 2. The lowest BCUT2D eigenvalue weighted by Gasteiger charge is -2.38. The summed E-state index contributed by atoms with van der Waals surface area (Å²) in [4.78, 5) is 45.8. The van der Waals surface area contributed by atoms with Crippen LogP contribution < -0.4 is 4.74 Å². The number of aliphatic hydroxyl groups excluding tert-OH is 1. The minimum absolute atomic E-state index is 0.00789. The van der Waals surface area contributed by atoms with Gasteiger partial charge in [-0.25, -0.2) is 4.79 Å². The van der Waals surface area contributed by atoms with E-state index in [4.69, 9.17) is 9.47 Å². The number of hydrogen-bond acceptors (Lipinski definition) is 7. The minimum Gasteiger partial charge on any atom is -0.507 e. The standard InChI is InChI=1S/C25H27N3O6/c1-3-34-25(32)27-14-10-17(11-15-27)28-21(16-8-12-26-13-9-16)20(23(30)24(28)31)22(29)18-6-4-5-7-19(18)33-2/h4-9,12-13,17,21,29H,3,10-11,14-15H2,1-2H3/b22-20+. The van der Waals surface area contributed by atoms with Crippen LogP contribution in [0, 0.1) is 0 Å². The van der Waals surface area contributed by atoms with Crippen LogP contribution in [0.3, 0.4) is 0 Å². The Hall–Kier alpha value is -3.88. The molecule has 4 rings (SSSR count). The number of Topliss-reactive ketones (excluding diaryl/α,β-unsaturated/α-hetero) is 1. The predicted molar refractivity (Wildman–Crippen MR) is 123 cm³/mol. The van der Waals surface area contributed by atoms with E-state index in [1.54, 1.807) is 65.5 Å². The Balaban J connectivity index is 1.74. The third kappa shape index (κ3) is 4.21. The number of hydrogen-bond donors (Lipinski definition) is 1. The maximum atomic E-state index is 13.3. The van der Waals surface area contributed by atoms with Gasteiger partial charge in [-0.1, -0.05) is 12.1 Å². The van der Waals surface area contributed by atoms with Gasteiger partial charge in [-0.15, -0.1) is 0 Å². The average molecular weight is 466 g/mol. The molecule has 1 aromatic heterocycles. The first-order chi connectivity index (χ1) is 16.5. The summed E-state index contributed by atoms with van der Waals surface area (Å²) in [5, 5.41) is 11.3. The Morgan fingerprint density at radius 3 is 2.44 bits per heavy atom. The number of ketones is 1. The van der Waals surface area contributed by atoms with Gasteiger partial charge in [0.15, 0.2) is 0 Å². The first kappa shape index (κ1) is 23.3. The maximum absolute atomic E-state index is 13.3. The van der Waals surface area contributed by atoms with Gasteiger partial charge < -0.3 is 24.4 Å². The molecule has 2 aliphatic heterocycles. The molecule has 0 spiro atoms. The fraction of sp³-hybridized carbons (Fsp3) is 0.360. The van der Waals surface area contributed by atoms with Crippen molar-refractivity contribution in [3.05, 3.63) is 65.5 Å². The van der Waals surface area contributed by atoms with Crippen LogP contribution in [0.4, 0.5) is 4.79 Å². The molecule has 9 nitrogen and oxygen atoms in total. The molecule has 1 atom stereocenters. The lowest BCUT2D eigenvalue weighted by molar-refractivity contribution is -0.142. The normalized spacial score (nSPS) is 20.5. The topological polar surface area (TPSA) is 109 Å². The molecule has 1 unspecified atom stereocenters. The number of para-hydroxylation sites is 1. The molecule has 2 aliphatic rings. The quantitative estimate of drug-likeness (QED) is 0.410. The molecule has 1 aromatic carbocycles. The zero-order valence-corrected chi connectivity index (χ0v) is 19.1. The average Bonchev–Trinajstić information content (AvgIpc) is 3.14. The van der Waals surface area contributed by atoms with E-state index >= 15 is 0 Å². The van der Waals surface area contributed by atoms with Crippen molar-refractivity contribution in [3.63, 3.8) is 0 Å². The van der Waals surface area contributed by atoms with E-state index in [2.05, 4.69) is 4.98 Å². The fourth-order valence-electron chi connectivity index (χ4n) is 4.63. The zero-order chi connectivity index (χ0) is 24.2. The molecule has 3 heterocycles. The summed E-state index contributed by atoms with van der Waals surface area (Å²) in [6.45, 7) is 2.85. The monoisotopic (exact) mass is 465 g/mol. The summed E-state index contributed by atoms with van der Waals surface area (Å²) < 4.78 is 10.4. The lowest BCUT2D eigenvalue weighted by Crippen LogP contribution is -2.48. The van der Waals surface area contributed by atoms with E-state index < -0.39 is 17.7 Å². The van der Waals surface area contributed by atoms with Gasteiger partial charge in [0, 0.05) is 31.5 Å². The largest absolute Gasteiger partial charge is 0.507 e. The van der Waals surface area contributed by atoms with E-state index in [0.717, 1.165) is 0 Å². The Labute approximate surface area is 197 Å². The number of carbonyl (C=O) groups excluding carboxylic acids is 3. The number of ether oxygens (including phenoxy) is 2. The second-order valence-electron chi connectivity index (χ2n) is 8.10. The Bertz CT molecular complexity index is 1110. The number of pyridine rings is 1. The fourth-order valence-corrected chi connectivity index (χ4v) is 4.63. The van der Waals surface area contributed by atoms with Gasteiger partial charge in [0.1, 0.15) is 11.5 Å². The molecule has 9 heteroatoms. The second kappa shape index (κ2) is 9.94. The Kier molecular flexibility index (Phi) is 6.81. The summed E-state index contributed by atoms with van der Waals surface area (Å²) in [5.74, 6) is -1.32. The Morgan fingerprint density at radius 2 is 1.79 bits per heavy atom. The molecule has 34 heavy (non-hydrogen) atoms. The van der Waals surface area contributed by atoms with Crippen molar-refractivity contribution >= 4 is 23.5 Å². The Morgan fingerprint density at radius 1 is 1.12 bits per heavy atom. The van der Waals surface area contributed by atoms with Gasteiger partial charge in [-0.05, 0) is 49.6 Å². The van der Waals surface area contributed by atoms with Crippen molar-refractivity contribution in [3.8, 4) is 5.75 Å². The van der Waals surface area contributed by atoms with Crippen molar-refractivity contribution < 1.29 is 29.0 Å². The number of aliphatic hydroxyl groups is 1. The van der Waals surface area contributed by atoms with Gasteiger partial charge in [0.05, 0.1) is 30.9 Å². The highest BCUT2D eigenvalue weighted by Gasteiger charge is 2.49. The third-order valence-electron chi connectivity index (χ3n) is 6.25. The zero-order valence-electron chi connectivity index (χ0n) is 19.1. The molecule has 1 N–H and O–H groups in total. The van der Waals surface area contributed by atoms with Crippen molar-refractivity contribution in [1.82, 2.24) is 14.8 Å². The molecule has 2 saturated heterocycles. The van der Waals surface area contributed by atoms with Gasteiger partial charge >= 0.3 is 6.09 Å². The van der Waals surface area contributed by atoms with Crippen LogP contribution in [0.2, 0.25) is 0 Å². The summed E-state index contributed by atoms with van der Waals surface area (Å²) in [7, 11) is 1.47. The van der Waals surface area contributed by atoms with Crippen LogP contribution in [0.5, 0.6) is 5.75 Å². The SMILES string of the molecule is CCOC(=O)N1CCC(N2C(=O)C(=O)/C(=C(/O)c3ccccc3OC)C2c2ccncc2)CC1. The predicted octanol–water partition coefficient (Wildman–Crippen LogP) is 3.13. The van der Waals surface area contributed by atoms with Crippen LogP contribution >= 0.6 is 0 Å². The van der Waals surface area contributed by atoms with Crippen LogP contribution in [-0.4, -0.2) is 70.5 Å². The van der Waals surface area contributed by atoms with Crippen LogP contribution in [0.1, 0.15) is 36.9 Å². The van der Waals surface area contributed by atoms with E-state index in [0.29, 0.717) is 49.4 Å². The lowest BCUT2D eigenvalue weighted by atomic mass is 9.94.